The first-order valence-electron chi connectivity index (χ1n) is 9.65. The highest BCUT2D eigenvalue weighted by atomic mass is 16.2. The number of hydrogen-bond donors (Lipinski definition) is 0. The van der Waals surface area contributed by atoms with Crippen LogP contribution in [0, 0.1) is 6.92 Å². The molecule has 0 aliphatic carbocycles. The Morgan fingerprint density at radius 2 is 1.74 bits per heavy atom. The Bertz CT molecular complexity index is 925. The van der Waals surface area contributed by atoms with Crippen LogP contribution in [0.4, 0.5) is 0 Å². The highest BCUT2D eigenvalue weighted by molar-refractivity contribution is 5.77. The maximum absolute atomic E-state index is 12.6. The van der Waals surface area contributed by atoms with E-state index < -0.39 is 0 Å². The van der Waals surface area contributed by atoms with Crippen molar-refractivity contribution in [2.24, 2.45) is 0 Å². The van der Waals surface area contributed by atoms with Crippen molar-refractivity contribution in [3.8, 4) is 0 Å². The van der Waals surface area contributed by atoms with Gasteiger partial charge in [0.25, 0.3) is 0 Å². The van der Waals surface area contributed by atoms with Gasteiger partial charge < -0.3 is 9.47 Å². The Morgan fingerprint density at radius 3 is 2.56 bits per heavy atom. The molecule has 1 aromatic heterocycles. The Balaban J connectivity index is 1.28. The molecule has 0 radical (unpaired) electrons. The zero-order chi connectivity index (χ0) is 18.6. The number of aryl methyl sites for hydroxylation is 2. The van der Waals surface area contributed by atoms with Crippen LogP contribution in [0.25, 0.3) is 11.0 Å². The Labute approximate surface area is 160 Å². The van der Waals surface area contributed by atoms with Gasteiger partial charge in [-0.2, -0.15) is 0 Å². The van der Waals surface area contributed by atoms with Crippen LogP contribution in [0.15, 0.2) is 54.9 Å². The summed E-state index contributed by atoms with van der Waals surface area (Å²) in [6, 6.07) is 16.6. The van der Waals surface area contributed by atoms with Gasteiger partial charge in [0.1, 0.15) is 0 Å². The van der Waals surface area contributed by atoms with Crippen LogP contribution in [0.3, 0.4) is 0 Å². The molecule has 5 nitrogen and oxygen atoms in total. The molecule has 3 aromatic rings. The number of para-hydroxylation sites is 2. The van der Waals surface area contributed by atoms with Gasteiger partial charge in [-0.05, 0) is 30.2 Å². The van der Waals surface area contributed by atoms with Crippen molar-refractivity contribution < 1.29 is 4.79 Å². The normalized spacial score (nSPS) is 15.4. The summed E-state index contributed by atoms with van der Waals surface area (Å²) in [4.78, 5) is 21.5. The summed E-state index contributed by atoms with van der Waals surface area (Å²) in [5, 5.41) is 0. The molecule has 0 unspecified atom stereocenters. The predicted molar refractivity (Wildman–Crippen MR) is 107 cm³/mol. The zero-order valence-electron chi connectivity index (χ0n) is 15.8. The van der Waals surface area contributed by atoms with Crippen molar-refractivity contribution in [3.05, 3.63) is 66.0 Å². The molecule has 1 saturated heterocycles. The number of carbonyl (C=O) groups excluding carboxylic acids is 1. The largest absolute Gasteiger partial charge is 0.340 e. The third-order valence-corrected chi connectivity index (χ3v) is 5.47. The molecular formula is C22H26N4O. The zero-order valence-corrected chi connectivity index (χ0v) is 15.8. The molecule has 0 bridgehead atoms. The number of nitrogens with zero attached hydrogens (tertiary/aromatic N) is 4. The van der Waals surface area contributed by atoms with E-state index >= 15 is 0 Å². The quantitative estimate of drug-likeness (QED) is 0.700. The van der Waals surface area contributed by atoms with Gasteiger partial charge in [0.2, 0.25) is 5.91 Å². The molecule has 0 atom stereocenters. The summed E-state index contributed by atoms with van der Waals surface area (Å²) < 4.78 is 2.07. The monoisotopic (exact) mass is 362 g/mol. The number of carbonyl (C=O) groups is 1. The molecule has 2 heterocycles. The number of benzene rings is 2. The number of aromatic nitrogens is 2. The Kier molecular flexibility index (Phi) is 5.21. The second kappa shape index (κ2) is 7.92. The van der Waals surface area contributed by atoms with Crippen LogP contribution >= 0.6 is 0 Å². The number of imidazole rings is 1. The molecule has 0 N–H and O–H groups in total. The van der Waals surface area contributed by atoms with Crippen LogP contribution in [-0.2, 0) is 17.9 Å². The SMILES string of the molecule is Cc1ccccc1CN1CCN(C(=O)CCn2cnc3ccccc32)CC1. The minimum Gasteiger partial charge on any atom is -0.340 e. The summed E-state index contributed by atoms with van der Waals surface area (Å²) in [5.74, 6) is 0.239. The van der Waals surface area contributed by atoms with Crippen LogP contribution in [-0.4, -0.2) is 51.4 Å². The molecule has 1 aliphatic heterocycles. The fourth-order valence-electron chi connectivity index (χ4n) is 3.75. The van der Waals surface area contributed by atoms with E-state index in [0.717, 1.165) is 43.8 Å². The molecule has 1 amide bonds. The molecule has 2 aromatic carbocycles. The van der Waals surface area contributed by atoms with E-state index in [9.17, 15) is 4.79 Å². The first-order valence-corrected chi connectivity index (χ1v) is 9.65. The van der Waals surface area contributed by atoms with Gasteiger partial charge in [-0.1, -0.05) is 36.4 Å². The lowest BCUT2D eigenvalue weighted by atomic mass is 10.1. The van der Waals surface area contributed by atoms with Gasteiger partial charge in [0, 0.05) is 45.7 Å². The van der Waals surface area contributed by atoms with E-state index in [-0.39, 0.29) is 5.91 Å². The van der Waals surface area contributed by atoms with E-state index in [1.54, 1.807) is 0 Å². The van der Waals surface area contributed by atoms with E-state index in [1.165, 1.54) is 11.1 Å². The smallest absolute Gasteiger partial charge is 0.224 e. The lowest BCUT2D eigenvalue weighted by Gasteiger charge is -2.35. The number of amides is 1. The fraction of sp³-hybridized carbons (Fsp3) is 0.364. The number of rotatable bonds is 5. The standard InChI is InChI=1S/C22H26N4O/c1-18-6-2-3-7-19(18)16-24-12-14-25(15-13-24)22(27)10-11-26-17-23-20-8-4-5-9-21(20)26/h2-9,17H,10-16H2,1H3. The third kappa shape index (κ3) is 4.03. The maximum Gasteiger partial charge on any atom is 0.224 e. The first kappa shape index (κ1) is 17.7. The summed E-state index contributed by atoms with van der Waals surface area (Å²) in [6.45, 7) is 7.32. The van der Waals surface area contributed by atoms with Crippen LogP contribution in [0.5, 0.6) is 0 Å². The predicted octanol–water partition coefficient (Wildman–Crippen LogP) is 3.08. The summed E-state index contributed by atoms with van der Waals surface area (Å²) in [7, 11) is 0. The molecule has 140 valence electrons. The third-order valence-electron chi connectivity index (χ3n) is 5.47. The second-order valence-electron chi connectivity index (χ2n) is 7.26. The van der Waals surface area contributed by atoms with E-state index in [4.69, 9.17) is 0 Å². The highest BCUT2D eigenvalue weighted by Crippen LogP contribution is 2.15. The van der Waals surface area contributed by atoms with E-state index in [1.807, 2.05) is 29.4 Å². The molecule has 27 heavy (non-hydrogen) atoms. The summed E-state index contributed by atoms with van der Waals surface area (Å²) >= 11 is 0. The van der Waals surface area contributed by atoms with Gasteiger partial charge in [0.05, 0.1) is 17.4 Å². The fourth-order valence-corrected chi connectivity index (χ4v) is 3.75. The van der Waals surface area contributed by atoms with E-state index in [2.05, 4.69) is 51.7 Å². The Hall–Kier alpha value is -2.66. The Morgan fingerprint density at radius 1 is 1.00 bits per heavy atom. The van der Waals surface area contributed by atoms with Gasteiger partial charge in [-0.15, -0.1) is 0 Å². The molecule has 1 aliphatic rings. The van der Waals surface area contributed by atoms with Gasteiger partial charge in [-0.25, -0.2) is 4.98 Å². The average molecular weight is 362 g/mol. The lowest BCUT2D eigenvalue weighted by molar-refractivity contribution is -0.133. The molecular weight excluding hydrogens is 336 g/mol. The average Bonchev–Trinajstić information content (AvgIpc) is 3.12. The molecule has 4 rings (SSSR count). The number of hydrogen-bond acceptors (Lipinski definition) is 3. The second-order valence-corrected chi connectivity index (χ2v) is 7.26. The van der Waals surface area contributed by atoms with Crippen LogP contribution in [0.1, 0.15) is 17.5 Å². The van der Waals surface area contributed by atoms with Gasteiger partial charge >= 0.3 is 0 Å². The van der Waals surface area contributed by atoms with Crippen LogP contribution < -0.4 is 0 Å². The molecule has 1 fully saturated rings. The van der Waals surface area contributed by atoms with Crippen molar-refractivity contribution >= 4 is 16.9 Å². The van der Waals surface area contributed by atoms with Crippen molar-refractivity contribution in [1.29, 1.82) is 0 Å². The van der Waals surface area contributed by atoms with Crippen molar-refractivity contribution in [2.45, 2.75) is 26.4 Å². The van der Waals surface area contributed by atoms with Crippen molar-refractivity contribution in [3.63, 3.8) is 0 Å². The topological polar surface area (TPSA) is 41.4 Å². The number of piperazine rings is 1. The van der Waals surface area contributed by atoms with Crippen molar-refractivity contribution in [1.82, 2.24) is 19.4 Å². The first-order chi connectivity index (χ1) is 13.2. The van der Waals surface area contributed by atoms with Gasteiger partial charge in [-0.3, -0.25) is 9.69 Å². The lowest BCUT2D eigenvalue weighted by Crippen LogP contribution is -2.48. The molecule has 5 heteroatoms. The minimum atomic E-state index is 0.239. The highest BCUT2D eigenvalue weighted by Gasteiger charge is 2.21. The molecule has 0 spiro atoms. The van der Waals surface area contributed by atoms with Crippen molar-refractivity contribution in [2.75, 3.05) is 26.2 Å². The number of fused-ring (bicyclic) bond motifs is 1. The molecule has 0 saturated carbocycles. The van der Waals surface area contributed by atoms with Crippen LogP contribution in [0.2, 0.25) is 0 Å². The van der Waals surface area contributed by atoms with Gasteiger partial charge in [0.15, 0.2) is 0 Å². The summed E-state index contributed by atoms with van der Waals surface area (Å²) in [6.07, 6.45) is 2.36. The minimum absolute atomic E-state index is 0.239. The van der Waals surface area contributed by atoms with E-state index in [0.29, 0.717) is 13.0 Å². The maximum atomic E-state index is 12.6. The summed E-state index contributed by atoms with van der Waals surface area (Å²) in [5.41, 5.74) is 4.79.